The summed E-state index contributed by atoms with van der Waals surface area (Å²) in [6.45, 7) is 5.67. The van der Waals surface area contributed by atoms with Crippen molar-refractivity contribution >= 4 is 11.7 Å². The van der Waals surface area contributed by atoms with Crippen molar-refractivity contribution in [3.63, 3.8) is 0 Å². The second-order valence-electron chi connectivity index (χ2n) is 8.48. The smallest absolute Gasteiger partial charge is 0.341 e. The summed E-state index contributed by atoms with van der Waals surface area (Å²) >= 11 is 0. The zero-order chi connectivity index (χ0) is 24.8. The lowest BCUT2D eigenvalue weighted by Crippen LogP contribution is -2.11. The molecular weight excluding hydrogens is 444 g/mol. The lowest BCUT2D eigenvalue weighted by molar-refractivity contribution is -0.139. The quantitative estimate of drug-likeness (QED) is 0.400. The number of carboxylic acids is 1. The van der Waals surface area contributed by atoms with E-state index in [0.29, 0.717) is 30.2 Å². The normalized spacial score (nSPS) is 14.1. The molecule has 1 heterocycles. The fourth-order valence-corrected chi connectivity index (χ4v) is 3.74. The summed E-state index contributed by atoms with van der Waals surface area (Å²) in [5.74, 6) is 0.849. The standard InChI is InChI=1S/C28H28N2O5/c1-18-8-11-22(12-9-18)28-29-25(20(3)35-28)16-34-30-24-7-5-4-6-23(24)15-21-10-13-26(19(2)14-21)33-17-27(31)32/h4-6,8-14H,7,15-17H2,1-3H3,(H,31,32). The third kappa shape index (κ3) is 6.26. The van der Waals surface area contributed by atoms with Gasteiger partial charge in [-0.2, -0.15) is 0 Å². The average molecular weight is 473 g/mol. The number of benzene rings is 2. The number of carboxylic acid groups (broad SMARTS) is 1. The highest BCUT2D eigenvalue weighted by Gasteiger charge is 2.14. The first-order valence-corrected chi connectivity index (χ1v) is 11.4. The molecule has 0 aliphatic heterocycles. The Hall–Kier alpha value is -4.13. The number of aliphatic carboxylic acids is 1. The number of hydrogen-bond acceptors (Lipinski definition) is 6. The Kier molecular flexibility index (Phi) is 7.45. The van der Waals surface area contributed by atoms with Gasteiger partial charge < -0.3 is 19.1 Å². The number of allylic oxidation sites excluding steroid dienone is 4. The Morgan fingerprint density at radius 3 is 2.69 bits per heavy atom. The number of nitrogens with zero attached hydrogens (tertiary/aromatic N) is 2. The highest BCUT2D eigenvalue weighted by molar-refractivity contribution is 6.02. The summed E-state index contributed by atoms with van der Waals surface area (Å²) < 4.78 is 11.2. The third-order valence-electron chi connectivity index (χ3n) is 5.67. The molecule has 4 rings (SSSR count). The molecule has 0 unspecified atom stereocenters. The van der Waals surface area contributed by atoms with Crippen LogP contribution in [0.4, 0.5) is 0 Å². The number of hydrogen-bond donors (Lipinski definition) is 1. The second-order valence-corrected chi connectivity index (χ2v) is 8.48. The van der Waals surface area contributed by atoms with Crippen molar-refractivity contribution in [1.82, 2.24) is 4.98 Å². The first-order valence-electron chi connectivity index (χ1n) is 11.4. The molecule has 0 atom stereocenters. The number of ether oxygens (including phenoxy) is 1. The van der Waals surface area contributed by atoms with Gasteiger partial charge in [0.05, 0.1) is 5.71 Å². The molecule has 180 valence electrons. The number of aromatic nitrogens is 1. The van der Waals surface area contributed by atoms with Gasteiger partial charge in [-0.15, -0.1) is 0 Å². The van der Waals surface area contributed by atoms with E-state index in [4.69, 9.17) is 19.1 Å². The maximum atomic E-state index is 10.7. The van der Waals surface area contributed by atoms with Gasteiger partial charge in [0.25, 0.3) is 0 Å². The van der Waals surface area contributed by atoms with E-state index in [2.05, 4.69) is 10.1 Å². The van der Waals surface area contributed by atoms with Gasteiger partial charge in [0.2, 0.25) is 5.89 Å². The summed E-state index contributed by atoms with van der Waals surface area (Å²) in [4.78, 5) is 21.0. The van der Waals surface area contributed by atoms with Crippen LogP contribution < -0.4 is 4.74 Å². The molecular formula is C28H28N2O5. The zero-order valence-electron chi connectivity index (χ0n) is 20.1. The summed E-state index contributed by atoms with van der Waals surface area (Å²) in [6.07, 6.45) is 7.44. The van der Waals surface area contributed by atoms with Gasteiger partial charge in [-0.05, 0) is 62.1 Å². The molecule has 2 aromatic carbocycles. The zero-order valence-corrected chi connectivity index (χ0v) is 20.1. The van der Waals surface area contributed by atoms with Crippen LogP contribution >= 0.6 is 0 Å². The largest absolute Gasteiger partial charge is 0.482 e. The molecule has 0 radical (unpaired) electrons. The van der Waals surface area contributed by atoms with E-state index in [0.717, 1.165) is 33.7 Å². The van der Waals surface area contributed by atoms with Gasteiger partial charge in [-0.3, -0.25) is 0 Å². The molecule has 0 saturated heterocycles. The molecule has 7 nitrogen and oxygen atoms in total. The van der Waals surface area contributed by atoms with E-state index >= 15 is 0 Å². The van der Waals surface area contributed by atoms with E-state index in [1.54, 1.807) is 6.07 Å². The van der Waals surface area contributed by atoms with Gasteiger partial charge in [-0.25, -0.2) is 9.78 Å². The van der Waals surface area contributed by atoms with Crippen molar-refractivity contribution in [3.8, 4) is 17.2 Å². The number of carbonyl (C=O) groups is 1. The first-order chi connectivity index (χ1) is 16.9. The van der Waals surface area contributed by atoms with Crippen molar-refractivity contribution in [1.29, 1.82) is 0 Å². The maximum absolute atomic E-state index is 10.7. The number of rotatable bonds is 9. The average Bonchev–Trinajstić information content (AvgIpc) is 3.20. The van der Waals surface area contributed by atoms with Crippen LogP contribution in [-0.4, -0.2) is 28.4 Å². The summed E-state index contributed by atoms with van der Waals surface area (Å²) in [7, 11) is 0. The van der Waals surface area contributed by atoms with Gasteiger partial charge in [-0.1, -0.05) is 53.2 Å². The topological polar surface area (TPSA) is 94.2 Å². The minimum Gasteiger partial charge on any atom is -0.482 e. The maximum Gasteiger partial charge on any atom is 0.341 e. The van der Waals surface area contributed by atoms with Crippen molar-refractivity contribution < 1.29 is 23.9 Å². The number of aryl methyl sites for hydroxylation is 3. The lowest BCUT2D eigenvalue weighted by Gasteiger charge is -2.14. The van der Waals surface area contributed by atoms with Crippen LogP contribution in [-0.2, 0) is 22.7 Å². The molecule has 0 fully saturated rings. The molecule has 1 aromatic heterocycles. The highest BCUT2D eigenvalue weighted by atomic mass is 16.6. The highest BCUT2D eigenvalue weighted by Crippen LogP contribution is 2.24. The Balaban J connectivity index is 1.40. The van der Waals surface area contributed by atoms with E-state index in [-0.39, 0.29) is 13.2 Å². The van der Waals surface area contributed by atoms with Gasteiger partial charge >= 0.3 is 5.97 Å². The van der Waals surface area contributed by atoms with Crippen molar-refractivity contribution in [3.05, 3.63) is 94.4 Å². The Bertz CT molecular complexity index is 1300. The van der Waals surface area contributed by atoms with Crippen LogP contribution in [0.3, 0.4) is 0 Å². The number of oxime groups is 1. The molecule has 35 heavy (non-hydrogen) atoms. The van der Waals surface area contributed by atoms with Crippen LogP contribution in [0, 0.1) is 20.8 Å². The van der Waals surface area contributed by atoms with E-state index in [9.17, 15) is 4.79 Å². The van der Waals surface area contributed by atoms with Crippen LogP contribution in [0.2, 0.25) is 0 Å². The molecule has 3 aromatic rings. The van der Waals surface area contributed by atoms with Crippen molar-refractivity contribution in [2.24, 2.45) is 5.16 Å². The van der Waals surface area contributed by atoms with Gasteiger partial charge in [0.15, 0.2) is 13.2 Å². The van der Waals surface area contributed by atoms with Gasteiger partial charge in [0.1, 0.15) is 17.2 Å². The van der Waals surface area contributed by atoms with Crippen LogP contribution in [0.25, 0.3) is 11.5 Å². The predicted molar refractivity (Wildman–Crippen MR) is 133 cm³/mol. The summed E-state index contributed by atoms with van der Waals surface area (Å²) in [5.41, 5.74) is 6.70. The molecule has 0 saturated carbocycles. The third-order valence-corrected chi connectivity index (χ3v) is 5.67. The van der Waals surface area contributed by atoms with Gasteiger partial charge in [0, 0.05) is 12.0 Å². The Morgan fingerprint density at radius 1 is 1.14 bits per heavy atom. The number of oxazole rings is 1. The van der Waals surface area contributed by atoms with Crippen LogP contribution in [0.5, 0.6) is 5.75 Å². The fourth-order valence-electron chi connectivity index (χ4n) is 3.74. The Labute approximate surface area is 204 Å². The van der Waals surface area contributed by atoms with E-state index < -0.39 is 5.97 Å². The monoisotopic (exact) mass is 472 g/mol. The molecule has 0 bridgehead atoms. The van der Waals surface area contributed by atoms with E-state index in [1.165, 1.54) is 5.56 Å². The second kappa shape index (κ2) is 10.9. The van der Waals surface area contributed by atoms with Crippen LogP contribution in [0.1, 0.15) is 34.6 Å². The minimum absolute atomic E-state index is 0.219. The molecule has 1 aliphatic rings. The molecule has 7 heteroatoms. The Morgan fingerprint density at radius 2 is 1.94 bits per heavy atom. The van der Waals surface area contributed by atoms with Crippen molar-refractivity contribution in [2.75, 3.05) is 6.61 Å². The SMILES string of the molecule is Cc1ccc(-c2nc(CON=C3CC=CC=C3Cc3ccc(OCC(=O)O)c(C)c3)c(C)o2)cc1. The van der Waals surface area contributed by atoms with E-state index in [1.807, 2.05) is 75.4 Å². The molecule has 0 spiro atoms. The lowest BCUT2D eigenvalue weighted by atomic mass is 9.95. The molecule has 0 amide bonds. The summed E-state index contributed by atoms with van der Waals surface area (Å²) in [5, 5.41) is 13.2. The predicted octanol–water partition coefficient (Wildman–Crippen LogP) is 5.73. The minimum atomic E-state index is -0.999. The first kappa shape index (κ1) is 24.0. The van der Waals surface area contributed by atoms with Crippen molar-refractivity contribution in [2.45, 2.75) is 40.2 Å². The molecule has 1 N–H and O–H groups in total. The summed E-state index contributed by atoms with van der Waals surface area (Å²) in [6, 6.07) is 13.8. The van der Waals surface area contributed by atoms with Crippen LogP contribution in [0.15, 0.2) is 75.8 Å². The fraction of sp³-hybridized carbons (Fsp3) is 0.250. The molecule has 1 aliphatic carbocycles.